The van der Waals surface area contributed by atoms with E-state index < -0.39 is 17.7 Å². The highest BCUT2D eigenvalue weighted by atomic mass is 16.7. The molecule has 56 heavy (non-hydrogen) atoms. The van der Waals surface area contributed by atoms with Crippen molar-refractivity contribution in [2.75, 3.05) is 31.2 Å². The number of ether oxygens (including phenoxy) is 2. The summed E-state index contributed by atoms with van der Waals surface area (Å²) in [6, 6.07) is 34.3. The lowest BCUT2D eigenvalue weighted by Crippen LogP contribution is -2.57. The molecule has 0 aliphatic carbocycles. The highest BCUT2D eigenvalue weighted by Gasteiger charge is 2.50. The average Bonchev–Trinajstić information content (AvgIpc) is 3.56. The summed E-state index contributed by atoms with van der Waals surface area (Å²) in [7, 11) is 0. The maximum Gasteiger partial charge on any atom is 0.247 e. The van der Waals surface area contributed by atoms with Crippen LogP contribution in [0.5, 0.6) is 0 Å². The Hall–Kier alpha value is -5.11. The standard InChI is InChI=1S/C44H51N5O7/c50-29-31-16-18-33(19-17-31)39-26-38(28-48-22-20-44(21-23-48)43(53)46-30-49(44)37-12-2-1-3-13-37)55-42(56-39)36-11-7-10-35(25-36)34-9-6-8-32(24-34)27-45-40(51)14-4-5-15-41(52)47-54/h1-3,6-13,16-19,24-25,38-39,42,50,54H,4-5,14-15,20-23,26-30H2,(H,45,51)(H,46,53)(H,47,52)/t38-,39+,42+/m0/s1. The molecule has 1 spiro atoms. The summed E-state index contributed by atoms with van der Waals surface area (Å²) in [4.78, 5) is 41.6. The van der Waals surface area contributed by atoms with E-state index in [1.165, 1.54) is 0 Å². The number of unbranched alkanes of at least 4 members (excludes halogenated alkanes) is 1. The molecule has 0 unspecified atom stereocenters. The zero-order valence-corrected chi connectivity index (χ0v) is 31.6. The molecule has 4 aromatic carbocycles. The van der Waals surface area contributed by atoms with E-state index in [2.05, 4.69) is 50.8 Å². The number of nitrogens with one attached hydrogen (secondary N) is 3. The van der Waals surface area contributed by atoms with Gasteiger partial charge >= 0.3 is 0 Å². The summed E-state index contributed by atoms with van der Waals surface area (Å²) in [6.07, 6.45) is 2.70. The van der Waals surface area contributed by atoms with Crippen LogP contribution in [0, 0.1) is 0 Å². The molecule has 0 saturated carbocycles. The van der Waals surface area contributed by atoms with E-state index in [1.807, 2.05) is 72.8 Å². The van der Waals surface area contributed by atoms with Gasteiger partial charge in [0.2, 0.25) is 17.7 Å². The van der Waals surface area contributed by atoms with Crippen LogP contribution in [0.4, 0.5) is 5.69 Å². The SMILES string of the molecule is O=C(CCCCC(=O)NCc1cccc(-c2cccc([C@@H]3O[C@H](CN4CCC5(CC4)C(=O)NCN5c4ccccc4)C[C@H](c4ccc(CO)cc4)O3)c2)c1)NO. The Bertz CT molecular complexity index is 1950. The first-order valence-electron chi connectivity index (χ1n) is 19.6. The number of aliphatic hydroxyl groups excluding tert-OH is 1. The van der Waals surface area contributed by atoms with E-state index in [9.17, 15) is 19.5 Å². The minimum atomic E-state index is -0.618. The number of hydroxylamine groups is 1. The molecule has 3 fully saturated rings. The van der Waals surface area contributed by atoms with Crippen LogP contribution in [0.2, 0.25) is 0 Å². The van der Waals surface area contributed by atoms with Crippen LogP contribution in [-0.2, 0) is 37.0 Å². The Balaban J connectivity index is 1.03. The number of carbonyl (C=O) groups is 3. The second-order valence-corrected chi connectivity index (χ2v) is 15.0. The van der Waals surface area contributed by atoms with Gasteiger partial charge in [0.05, 0.1) is 25.5 Å². The molecule has 0 radical (unpaired) electrons. The molecular formula is C44H51N5O7. The molecular weight excluding hydrogens is 711 g/mol. The third-order valence-corrected chi connectivity index (χ3v) is 11.3. The van der Waals surface area contributed by atoms with Crippen LogP contribution in [0.25, 0.3) is 11.1 Å². The predicted octanol–water partition coefficient (Wildman–Crippen LogP) is 5.50. The number of rotatable bonds is 14. The average molecular weight is 762 g/mol. The first-order chi connectivity index (χ1) is 27.3. The maximum absolute atomic E-state index is 13.3. The van der Waals surface area contributed by atoms with Crippen molar-refractivity contribution in [3.63, 3.8) is 0 Å². The van der Waals surface area contributed by atoms with E-state index in [0.29, 0.717) is 45.4 Å². The van der Waals surface area contributed by atoms with Crippen LogP contribution >= 0.6 is 0 Å². The maximum atomic E-state index is 13.3. The van der Waals surface area contributed by atoms with Gasteiger partial charge in [-0.2, -0.15) is 0 Å². The van der Waals surface area contributed by atoms with Crippen LogP contribution < -0.4 is 21.0 Å². The fourth-order valence-corrected chi connectivity index (χ4v) is 8.10. The molecule has 0 bridgehead atoms. The summed E-state index contributed by atoms with van der Waals surface area (Å²) in [5.41, 5.74) is 7.84. The van der Waals surface area contributed by atoms with Crippen molar-refractivity contribution in [1.29, 1.82) is 0 Å². The Kier molecular flexibility index (Phi) is 12.7. The smallest absolute Gasteiger partial charge is 0.247 e. The molecule has 7 rings (SSSR count). The molecule has 3 atom stereocenters. The number of anilines is 1. The zero-order chi connectivity index (χ0) is 38.9. The van der Waals surface area contributed by atoms with Crippen molar-refractivity contribution in [3.8, 4) is 11.1 Å². The van der Waals surface area contributed by atoms with Gasteiger partial charge in [-0.25, -0.2) is 5.48 Å². The van der Waals surface area contributed by atoms with Crippen LogP contribution in [-0.4, -0.2) is 70.9 Å². The van der Waals surface area contributed by atoms with Crippen molar-refractivity contribution in [3.05, 3.63) is 125 Å². The van der Waals surface area contributed by atoms with Gasteiger partial charge in [0, 0.05) is 56.7 Å². The molecule has 3 saturated heterocycles. The minimum Gasteiger partial charge on any atom is -0.392 e. The summed E-state index contributed by atoms with van der Waals surface area (Å²) >= 11 is 0. The highest BCUT2D eigenvalue weighted by Crippen LogP contribution is 2.41. The topological polar surface area (TPSA) is 153 Å². The second kappa shape index (κ2) is 18.2. The summed E-state index contributed by atoms with van der Waals surface area (Å²) < 4.78 is 13.5. The number of hydrogen-bond acceptors (Lipinski definition) is 9. The first-order valence-corrected chi connectivity index (χ1v) is 19.6. The first kappa shape index (κ1) is 39.1. The Morgan fingerprint density at radius 1 is 0.804 bits per heavy atom. The molecule has 3 amide bonds. The monoisotopic (exact) mass is 761 g/mol. The summed E-state index contributed by atoms with van der Waals surface area (Å²) in [5, 5.41) is 24.4. The molecule has 294 valence electrons. The van der Waals surface area contributed by atoms with Crippen molar-refractivity contribution in [2.45, 2.75) is 82.1 Å². The van der Waals surface area contributed by atoms with Crippen molar-refractivity contribution in [1.82, 2.24) is 21.0 Å². The largest absolute Gasteiger partial charge is 0.392 e. The number of aliphatic hydroxyl groups is 1. The van der Waals surface area contributed by atoms with Crippen molar-refractivity contribution in [2.24, 2.45) is 0 Å². The van der Waals surface area contributed by atoms with E-state index in [0.717, 1.165) is 65.0 Å². The molecule has 3 aliphatic heterocycles. The predicted molar refractivity (Wildman–Crippen MR) is 211 cm³/mol. The van der Waals surface area contributed by atoms with Gasteiger partial charge in [-0.05, 0) is 77.8 Å². The number of amides is 3. The zero-order valence-electron chi connectivity index (χ0n) is 31.6. The van der Waals surface area contributed by atoms with Crippen LogP contribution in [0.3, 0.4) is 0 Å². The number of para-hydroxylation sites is 1. The fraction of sp³-hybridized carbons (Fsp3) is 0.386. The van der Waals surface area contributed by atoms with Crippen molar-refractivity contribution >= 4 is 23.4 Å². The summed E-state index contributed by atoms with van der Waals surface area (Å²) in [6.45, 7) is 3.12. The lowest BCUT2D eigenvalue weighted by Gasteiger charge is -2.45. The third-order valence-electron chi connectivity index (χ3n) is 11.3. The normalized spacial score (nSPS) is 20.8. The van der Waals surface area contributed by atoms with E-state index >= 15 is 0 Å². The number of nitrogens with zero attached hydrogens (tertiary/aromatic N) is 2. The number of benzene rings is 4. The second-order valence-electron chi connectivity index (χ2n) is 15.0. The lowest BCUT2D eigenvalue weighted by molar-refractivity contribution is -0.253. The Labute approximate surface area is 327 Å². The quantitative estimate of drug-likeness (QED) is 0.0637. The molecule has 3 heterocycles. The minimum absolute atomic E-state index is 0.0237. The number of hydrogen-bond donors (Lipinski definition) is 5. The highest BCUT2D eigenvalue weighted by molar-refractivity contribution is 5.93. The number of carbonyl (C=O) groups excluding carboxylic acids is 3. The van der Waals surface area contributed by atoms with Gasteiger partial charge in [-0.1, -0.05) is 78.9 Å². The Morgan fingerprint density at radius 3 is 2.25 bits per heavy atom. The van der Waals surface area contributed by atoms with Crippen LogP contribution in [0.15, 0.2) is 103 Å². The van der Waals surface area contributed by atoms with Gasteiger partial charge in [-0.3, -0.25) is 19.6 Å². The molecule has 4 aromatic rings. The van der Waals surface area contributed by atoms with Gasteiger partial charge < -0.3 is 35.0 Å². The molecule has 3 aliphatic rings. The lowest BCUT2D eigenvalue weighted by atomic mass is 9.85. The summed E-state index contributed by atoms with van der Waals surface area (Å²) in [5.74, 6) is -0.445. The molecule has 0 aromatic heterocycles. The van der Waals surface area contributed by atoms with Gasteiger partial charge in [-0.15, -0.1) is 0 Å². The number of piperidine rings is 1. The Morgan fingerprint density at radius 2 is 1.52 bits per heavy atom. The van der Waals surface area contributed by atoms with E-state index in [4.69, 9.17) is 14.7 Å². The van der Waals surface area contributed by atoms with Crippen molar-refractivity contribution < 1.29 is 34.2 Å². The molecule has 12 heteroatoms. The van der Waals surface area contributed by atoms with E-state index in [-0.39, 0.29) is 37.0 Å². The fourth-order valence-electron chi connectivity index (χ4n) is 8.10. The van der Waals surface area contributed by atoms with Gasteiger partial charge in [0.1, 0.15) is 5.54 Å². The van der Waals surface area contributed by atoms with E-state index in [1.54, 1.807) is 5.48 Å². The third kappa shape index (κ3) is 9.29. The number of likely N-dealkylation sites (tertiary alicyclic amines) is 1. The molecule has 12 nitrogen and oxygen atoms in total. The molecule has 5 N–H and O–H groups in total. The van der Waals surface area contributed by atoms with Gasteiger partial charge in [0.15, 0.2) is 6.29 Å². The van der Waals surface area contributed by atoms with Gasteiger partial charge in [0.25, 0.3) is 0 Å². The van der Waals surface area contributed by atoms with Crippen LogP contribution in [0.1, 0.15) is 79.6 Å².